The first-order valence-electron chi connectivity index (χ1n) is 17.9. The van der Waals surface area contributed by atoms with Crippen molar-refractivity contribution in [2.75, 3.05) is 24.6 Å². The summed E-state index contributed by atoms with van der Waals surface area (Å²) in [5.74, 6) is -0.710. The molecule has 258 valence electrons. The molecule has 2 aromatic rings. The number of carboxylic acids is 1. The standard InChI is InChI=1S/C42H54N2O3.ClH/c1-41(2)34-19-9-11-21-36(34)43(28-13-5-6-15-30-45)38(41)26-24-32-17-16-18-33(31-32)25-27-39-42(3,4)35-20-10-12-22-37(35)44(39)29-14-7-8-23-40(46)47;/h9-12,19-22,24-27,31,45H,5-8,13-18,23,28-30H2,1-4H3;1H. The van der Waals surface area contributed by atoms with Gasteiger partial charge in [0.1, 0.15) is 6.54 Å². The zero-order valence-corrected chi connectivity index (χ0v) is 30.2. The lowest BCUT2D eigenvalue weighted by molar-refractivity contribution is -0.438. The number of benzene rings is 2. The molecule has 3 aliphatic rings. The maximum absolute atomic E-state index is 11.0. The van der Waals surface area contributed by atoms with E-state index in [1.54, 1.807) is 0 Å². The molecule has 0 unspecified atom stereocenters. The predicted octanol–water partition coefficient (Wildman–Crippen LogP) is 6.54. The molecule has 0 saturated heterocycles. The molecule has 2 aromatic carbocycles. The van der Waals surface area contributed by atoms with Gasteiger partial charge in [0, 0.05) is 60.5 Å². The summed E-state index contributed by atoms with van der Waals surface area (Å²) in [6.45, 7) is 11.5. The van der Waals surface area contributed by atoms with Crippen LogP contribution in [0.25, 0.3) is 0 Å². The molecule has 0 radical (unpaired) electrons. The number of hydrogen-bond acceptors (Lipinski definition) is 3. The molecule has 0 bridgehead atoms. The number of para-hydroxylation sites is 2. The van der Waals surface area contributed by atoms with E-state index in [1.165, 1.54) is 45.1 Å². The van der Waals surface area contributed by atoms with E-state index in [9.17, 15) is 9.90 Å². The van der Waals surface area contributed by atoms with Crippen molar-refractivity contribution in [2.45, 2.75) is 109 Å². The quantitative estimate of drug-likeness (QED) is 0.167. The Kier molecular flexibility index (Phi) is 13.1. The molecule has 2 aliphatic heterocycles. The number of carbonyl (C=O) groups is 1. The molecule has 1 aliphatic carbocycles. The number of aliphatic carboxylic acids is 1. The lowest BCUT2D eigenvalue weighted by Gasteiger charge is -2.27. The second-order valence-corrected chi connectivity index (χ2v) is 14.5. The molecule has 0 aromatic heterocycles. The molecule has 2 heterocycles. The van der Waals surface area contributed by atoms with Crippen molar-refractivity contribution in [1.29, 1.82) is 0 Å². The van der Waals surface area contributed by atoms with E-state index in [1.807, 2.05) is 0 Å². The van der Waals surface area contributed by atoms with Gasteiger partial charge in [0.05, 0.1) is 5.41 Å². The second-order valence-electron chi connectivity index (χ2n) is 14.5. The number of rotatable bonds is 15. The third-order valence-corrected chi connectivity index (χ3v) is 10.4. The smallest absolute Gasteiger partial charge is 0.303 e. The molecule has 0 saturated carbocycles. The van der Waals surface area contributed by atoms with E-state index >= 15 is 0 Å². The van der Waals surface area contributed by atoms with Gasteiger partial charge < -0.3 is 27.5 Å². The fourth-order valence-corrected chi connectivity index (χ4v) is 7.74. The van der Waals surface area contributed by atoms with Crippen LogP contribution in [0, 0.1) is 0 Å². The van der Waals surface area contributed by atoms with E-state index in [-0.39, 0.29) is 36.3 Å². The largest absolute Gasteiger partial charge is 1.00 e. The minimum absolute atomic E-state index is 0. The molecule has 5 nitrogen and oxygen atoms in total. The first kappa shape index (κ1) is 37.4. The van der Waals surface area contributed by atoms with E-state index in [0.717, 1.165) is 77.3 Å². The minimum atomic E-state index is -0.710. The van der Waals surface area contributed by atoms with Crippen molar-refractivity contribution in [3.05, 3.63) is 107 Å². The van der Waals surface area contributed by atoms with E-state index < -0.39 is 5.97 Å². The first-order valence-corrected chi connectivity index (χ1v) is 17.9. The predicted molar refractivity (Wildman–Crippen MR) is 195 cm³/mol. The highest BCUT2D eigenvalue weighted by Gasteiger charge is 2.44. The third-order valence-electron chi connectivity index (χ3n) is 10.4. The van der Waals surface area contributed by atoms with Crippen LogP contribution in [0.2, 0.25) is 0 Å². The maximum Gasteiger partial charge on any atom is 0.303 e. The van der Waals surface area contributed by atoms with Crippen molar-refractivity contribution in [1.82, 2.24) is 0 Å². The van der Waals surface area contributed by atoms with Crippen LogP contribution in [0.4, 0.5) is 11.4 Å². The first-order chi connectivity index (χ1) is 22.6. The Balaban J connectivity index is 0.00000520. The Morgan fingerprint density at radius 3 is 2.31 bits per heavy atom. The zero-order chi connectivity index (χ0) is 33.4. The summed E-state index contributed by atoms with van der Waals surface area (Å²) in [7, 11) is 0. The summed E-state index contributed by atoms with van der Waals surface area (Å²) >= 11 is 0. The summed E-state index contributed by atoms with van der Waals surface area (Å²) in [5.41, 5.74) is 10.6. The molecule has 6 heteroatoms. The Hall–Kier alpha value is -3.41. The van der Waals surface area contributed by atoms with Crippen molar-refractivity contribution in [3.8, 4) is 0 Å². The van der Waals surface area contributed by atoms with Crippen LogP contribution < -0.4 is 17.3 Å². The Bertz CT molecular complexity index is 1590. The van der Waals surface area contributed by atoms with Gasteiger partial charge in [-0.15, -0.1) is 0 Å². The summed E-state index contributed by atoms with van der Waals surface area (Å²) in [6, 6.07) is 17.6. The summed E-state index contributed by atoms with van der Waals surface area (Å²) in [4.78, 5) is 13.5. The Morgan fingerprint density at radius 1 is 0.833 bits per heavy atom. The van der Waals surface area contributed by atoms with Gasteiger partial charge in [-0.25, -0.2) is 0 Å². The van der Waals surface area contributed by atoms with Gasteiger partial charge in [-0.1, -0.05) is 81.3 Å². The lowest BCUT2D eigenvalue weighted by Crippen LogP contribution is -3.00. The van der Waals surface area contributed by atoms with Gasteiger partial charge in [-0.2, -0.15) is 4.58 Å². The van der Waals surface area contributed by atoms with Crippen LogP contribution in [-0.2, 0) is 15.6 Å². The monoisotopic (exact) mass is 670 g/mol. The Labute approximate surface area is 294 Å². The number of aliphatic hydroxyl groups excluding tert-OH is 1. The minimum Gasteiger partial charge on any atom is -1.00 e. The van der Waals surface area contributed by atoms with Crippen LogP contribution >= 0.6 is 0 Å². The van der Waals surface area contributed by atoms with E-state index in [4.69, 9.17) is 5.11 Å². The van der Waals surface area contributed by atoms with Gasteiger partial charge >= 0.3 is 5.97 Å². The van der Waals surface area contributed by atoms with E-state index in [2.05, 4.69) is 116 Å². The van der Waals surface area contributed by atoms with Gasteiger partial charge in [0.2, 0.25) is 5.69 Å². The molecular formula is C42H55ClN2O3. The van der Waals surface area contributed by atoms with Gasteiger partial charge in [-0.05, 0) is 87.6 Å². The van der Waals surface area contributed by atoms with Gasteiger partial charge in [0.25, 0.3) is 0 Å². The zero-order valence-electron chi connectivity index (χ0n) is 29.5. The van der Waals surface area contributed by atoms with Gasteiger partial charge in [-0.3, -0.25) is 4.79 Å². The van der Waals surface area contributed by atoms with Crippen molar-refractivity contribution in [2.24, 2.45) is 0 Å². The molecule has 5 rings (SSSR count). The molecule has 0 fully saturated rings. The highest BCUT2D eigenvalue weighted by molar-refractivity contribution is 6.03. The fourth-order valence-electron chi connectivity index (χ4n) is 7.74. The fraction of sp³-hybridized carbons (Fsp3) is 0.476. The topological polar surface area (TPSA) is 63.8 Å². The van der Waals surface area contributed by atoms with Crippen LogP contribution in [0.3, 0.4) is 0 Å². The number of hydrogen-bond donors (Lipinski definition) is 2. The number of aliphatic hydroxyl groups is 1. The summed E-state index contributed by atoms with van der Waals surface area (Å²) < 4.78 is 2.47. The number of nitrogens with zero attached hydrogens (tertiary/aromatic N) is 2. The number of unbranched alkanes of at least 4 members (excludes halogenated alkanes) is 5. The maximum atomic E-state index is 11.0. The molecule has 0 atom stereocenters. The Morgan fingerprint density at radius 2 is 1.54 bits per heavy atom. The number of anilines is 1. The molecular weight excluding hydrogens is 616 g/mol. The number of fused-ring (bicyclic) bond motifs is 2. The van der Waals surface area contributed by atoms with Crippen LogP contribution in [0.5, 0.6) is 0 Å². The van der Waals surface area contributed by atoms with Crippen molar-refractivity contribution >= 4 is 23.1 Å². The van der Waals surface area contributed by atoms with Crippen LogP contribution in [-0.4, -0.2) is 46.2 Å². The SMILES string of the molecule is CC1(C)C(/C=C\C2=CC(=C/C=C3/N(CCCCCCO)c4ccccc4C3(C)C)/CCC2)=[N+](CCCCCC(=O)O)c2ccccc21.[Cl-]. The second kappa shape index (κ2) is 16.8. The van der Waals surface area contributed by atoms with Crippen molar-refractivity contribution in [3.63, 3.8) is 0 Å². The third kappa shape index (κ3) is 8.41. The average molecular weight is 671 g/mol. The molecule has 0 amide bonds. The average Bonchev–Trinajstić information content (AvgIpc) is 3.41. The van der Waals surface area contributed by atoms with Gasteiger partial charge in [0.15, 0.2) is 5.71 Å². The molecule has 2 N–H and O–H groups in total. The van der Waals surface area contributed by atoms with E-state index in [0.29, 0.717) is 0 Å². The van der Waals surface area contributed by atoms with Crippen molar-refractivity contribution < 1.29 is 32.0 Å². The number of halogens is 1. The van der Waals surface area contributed by atoms with Crippen LogP contribution in [0.15, 0.2) is 95.8 Å². The normalized spacial score (nSPS) is 19.5. The summed E-state index contributed by atoms with van der Waals surface area (Å²) in [6.07, 6.45) is 22.2. The lowest BCUT2D eigenvalue weighted by atomic mass is 9.81. The molecule has 0 spiro atoms. The highest BCUT2D eigenvalue weighted by atomic mass is 35.5. The number of carboxylic acid groups (broad SMARTS) is 1. The van der Waals surface area contributed by atoms with Crippen LogP contribution in [0.1, 0.15) is 109 Å². The molecule has 48 heavy (non-hydrogen) atoms. The highest BCUT2D eigenvalue weighted by Crippen LogP contribution is 2.48. The summed E-state index contributed by atoms with van der Waals surface area (Å²) in [5, 5.41) is 18.2. The number of allylic oxidation sites excluding steroid dienone is 8.